The molecule has 0 aromatic heterocycles. The van der Waals surface area contributed by atoms with E-state index in [2.05, 4.69) is 15.9 Å². The molecule has 0 aliphatic carbocycles. The Morgan fingerprint density at radius 1 is 1.29 bits per heavy atom. The monoisotopic (exact) mass is 375 g/mol. The van der Waals surface area contributed by atoms with Gasteiger partial charge in [0.25, 0.3) is 0 Å². The van der Waals surface area contributed by atoms with Crippen LogP contribution in [0.1, 0.15) is 15.9 Å². The van der Waals surface area contributed by atoms with Gasteiger partial charge in [0.05, 0.1) is 26.3 Å². The maximum absolute atomic E-state index is 13.7. The number of carbonyl (C=O) groups is 1. The van der Waals surface area contributed by atoms with Gasteiger partial charge in [0.15, 0.2) is 0 Å². The number of hydrogen-bond acceptors (Lipinski definition) is 3. The predicted octanol–water partition coefficient (Wildman–Crippen LogP) is 4.32. The zero-order chi connectivity index (χ0) is 15.6. The second kappa shape index (κ2) is 6.41. The van der Waals surface area contributed by atoms with Crippen molar-refractivity contribution in [2.75, 3.05) is 5.73 Å². The standard InChI is InChI=1S/C14H9BrClF2NO2/c15-9-2-3-11(17)8(13(9)18)6-21-14(20)7-1-4-12(19)10(16)5-7/h1-5H,6,19H2. The SMILES string of the molecule is Nc1ccc(C(=O)OCc2c(F)ccc(Br)c2F)cc1Cl. The minimum Gasteiger partial charge on any atom is -0.457 e. The molecule has 0 aliphatic rings. The number of halogens is 4. The van der Waals surface area contributed by atoms with E-state index >= 15 is 0 Å². The molecular formula is C14H9BrClF2NO2. The molecule has 0 radical (unpaired) electrons. The van der Waals surface area contributed by atoms with Crippen LogP contribution in [0.4, 0.5) is 14.5 Å². The summed E-state index contributed by atoms with van der Waals surface area (Å²) in [6, 6.07) is 6.50. The average Bonchev–Trinajstić information content (AvgIpc) is 2.45. The Hall–Kier alpha value is -1.66. The van der Waals surface area contributed by atoms with E-state index in [1.807, 2.05) is 0 Å². The van der Waals surface area contributed by atoms with Crippen LogP contribution < -0.4 is 5.73 Å². The number of anilines is 1. The normalized spacial score (nSPS) is 10.5. The molecule has 0 fully saturated rings. The van der Waals surface area contributed by atoms with Gasteiger partial charge in [-0.1, -0.05) is 11.6 Å². The Morgan fingerprint density at radius 3 is 2.67 bits per heavy atom. The van der Waals surface area contributed by atoms with E-state index in [1.54, 1.807) is 0 Å². The Morgan fingerprint density at radius 2 is 2.00 bits per heavy atom. The van der Waals surface area contributed by atoms with Crippen molar-refractivity contribution < 1.29 is 18.3 Å². The van der Waals surface area contributed by atoms with Crippen LogP contribution in [0.2, 0.25) is 5.02 Å². The summed E-state index contributed by atoms with van der Waals surface area (Å²) < 4.78 is 32.2. The first kappa shape index (κ1) is 15.7. The van der Waals surface area contributed by atoms with Crippen LogP contribution in [0, 0.1) is 11.6 Å². The number of nitrogens with two attached hydrogens (primary N) is 1. The lowest BCUT2D eigenvalue weighted by atomic mass is 10.2. The van der Waals surface area contributed by atoms with Gasteiger partial charge in [0.2, 0.25) is 0 Å². The van der Waals surface area contributed by atoms with E-state index in [1.165, 1.54) is 24.3 Å². The van der Waals surface area contributed by atoms with Crippen LogP contribution in [0.25, 0.3) is 0 Å². The second-order valence-electron chi connectivity index (χ2n) is 4.13. The van der Waals surface area contributed by atoms with Crippen LogP contribution in [-0.2, 0) is 11.3 Å². The van der Waals surface area contributed by atoms with Crippen molar-refractivity contribution in [3.63, 3.8) is 0 Å². The van der Waals surface area contributed by atoms with E-state index < -0.39 is 24.2 Å². The number of ether oxygens (including phenoxy) is 1. The minimum atomic E-state index is -0.807. The van der Waals surface area contributed by atoms with Gasteiger partial charge >= 0.3 is 5.97 Å². The number of rotatable bonds is 3. The Balaban J connectivity index is 2.15. The topological polar surface area (TPSA) is 52.3 Å². The van der Waals surface area contributed by atoms with E-state index in [0.29, 0.717) is 5.69 Å². The third kappa shape index (κ3) is 3.51. The fourth-order valence-corrected chi connectivity index (χ4v) is 2.13. The van der Waals surface area contributed by atoms with Gasteiger partial charge in [-0.2, -0.15) is 0 Å². The molecule has 110 valence electrons. The summed E-state index contributed by atoms with van der Waals surface area (Å²) in [5.41, 5.74) is 5.65. The maximum atomic E-state index is 13.7. The third-order valence-electron chi connectivity index (χ3n) is 2.72. The van der Waals surface area contributed by atoms with Crippen LogP contribution in [0.15, 0.2) is 34.8 Å². The highest BCUT2D eigenvalue weighted by Crippen LogP contribution is 2.23. The van der Waals surface area contributed by atoms with Gasteiger partial charge in [-0.15, -0.1) is 0 Å². The second-order valence-corrected chi connectivity index (χ2v) is 5.40. The minimum absolute atomic E-state index is 0.0884. The van der Waals surface area contributed by atoms with E-state index in [-0.39, 0.29) is 20.6 Å². The first-order chi connectivity index (χ1) is 9.90. The van der Waals surface area contributed by atoms with Gasteiger partial charge in [-0.25, -0.2) is 13.6 Å². The van der Waals surface area contributed by atoms with E-state index in [9.17, 15) is 13.6 Å². The van der Waals surface area contributed by atoms with Crippen molar-refractivity contribution in [3.05, 3.63) is 62.6 Å². The quantitative estimate of drug-likeness (QED) is 0.493. The molecule has 0 heterocycles. The summed E-state index contributed by atoms with van der Waals surface area (Å²) in [5.74, 6) is -2.35. The van der Waals surface area contributed by atoms with Gasteiger partial charge in [0, 0.05) is 0 Å². The highest BCUT2D eigenvalue weighted by molar-refractivity contribution is 9.10. The summed E-state index contributed by atoms with van der Waals surface area (Å²) in [7, 11) is 0. The fourth-order valence-electron chi connectivity index (χ4n) is 1.58. The molecule has 0 bridgehead atoms. The summed E-state index contributed by atoms with van der Waals surface area (Å²) in [6.45, 7) is -0.530. The van der Waals surface area contributed by atoms with Crippen molar-refractivity contribution in [2.45, 2.75) is 6.61 Å². The molecule has 0 atom stereocenters. The number of carbonyl (C=O) groups excluding carboxylic acids is 1. The molecule has 2 N–H and O–H groups in total. The summed E-state index contributed by atoms with van der Waals surface area (Å²) in [5, 5.41) is 0.198. The zero-order valence-corrected chi connectivity index (χ0v) is 12.8. The van der Waals surface area contributed by atoms with E-state index in [0.717, 1.165) is 6.07 Å². The fraction of sp³-hybridized carbons (Fsp3) is 0.0714. The maximum Gasteiger partial charge on any atom is 0.338 e. The highest BCUT2D eigenvalue weighted by atomic mass is 79.9. The van der Waals surface area contributed by atoms with Gasteiger partial charge in [-0.3, -0.25) is 0 Å². The Bertz CT molecular complexity index is 710. The van der Waals surface area contributed by atoms with Crippen LogP contribution in [0.5, 0.6) is 0 Å². The number of benzene rings is 2. The number of esters is 1. The highest BCUT2D eigenvalue weighted by Gasteiger charge is 2.15. The summed E-state index contributed by atoms with van der Waals surface area (Å²) in [4.78, 5) is 11.8. The van der Waals surface area contributed by atoms with Crippen molar-refractivity contribution >= 4 is 39.2 Å². The molecule has 2 aromatic carbocycles. The lowest BCUT2D eigenvalue weighted by molar-refractivity contribution is 0.0464. The third-order valence-corrected chi connectivity index (χ3v) is 3.66. The van der Waals surface area contributed by atoms with Crippen LogP contribution in [0.3, 0.4) is 0 Å². The van der Waals surface area contributed by atoms with Crippen molar-refractivity contribution in [1.29, 1.82) is 0 Å². The van der Waals surface area contributed by atoms with E-state index in [4.69, 9.17) is 22.1 Å². The molecule has 0 saturated heterocycles. The Kier molecular flexibility index (Phi) is 4.80. The first-order valence-corrected chi connectivity index (χ1v) is 6.91. The van der Waals surface area contributed by atoms with Crippen LogP contribution in [-0.4, -0.2) is 5.97 Å². The van der Waals surface area contributed by atoms with Gasteiger partial charge < -0.3 is 10.5 Å². The summed E-state index contributed by atoms with van der Waals surface area (Å²) >= 11 is 8.72. The lowest BCUT2D eigenvalue weighted by Gasteiger charge is -2.08. The molecular weight excluding hydrogens is 368 g/mol. The number of nitrogen functional groups attached to an aromatic ring is 1. The van der Waals surface area contributed by atoms with Crippen LogP contribution >= 0.6 is 27.5 Å². The lowest BCUT2D eigenvalue weighted by Crippen LogP contribution is -2.08. The smallest absolute Gasteiger partial charge is 0.338 e. The van der Waals surface area contributed by atoms with Gasteiger partial charge in [0.1, 0.15) is 18.2 Å². The molecule has 0 amide bonds. The summed E-state index contributed by atoms with van der Waals surface area (Å²) in [6.07, 6.45) is 0. The molecule has 2 aromatic rings. The molecule has 0 unspecified atom stereocenters. The zero-order valence-electron chi connectivity index (χ0n) is 10.5. The first-order valence-electron chi connectivity index (χ1n) is 5.74. The predicted molar refractivity (Wildman–Crippen MR) is 79.0 cm³/mol. The molecule has 3 nitrogen and oxygen atoms in total. The molecule has 2 rings (SSSR count). The average molecular weight is 377 g/mol. The Labute approximate surface area is 132 Å². The molecule has 21 heavy (non-hydrogen) atoms. The van der Waals surface area contributed by atoms with Crippen molar-refractivity contribution in [3.8, 4) is 0 Å². The molecule has 7 heteroatoms. The molecule has 0 aliphatic heterocycles. The van der Waals surface area contributed by atoms with Crippen molar-refractivity contribution in [1.82, 2.24) is 0 Å². The van der Waals surface area contributed by atoms with Gasteiger partial charge in [-0.05, 0) is 46.3 Å². The largest absolute Gasteiger partial charge is 0.457 e. The number of hydrogen-bond donors (Lipinski definition) is 1. The van der Waals surface area contributed by atoms with Crippen molar-refractivity contribution in [2.24, 2.45) is 0 Å². The molecule has 0 spiro atoms. The molecule has 0 saturated carbocycles.